The summed E-state index contributed by atoms with van der Waals surface area (Å²) in [6.07, 6.45) is 10.9. The number of hydrogen-bond acceptors (Lipinski definition) is 6. The molecule has 0 spiro atoms. The first-order chi connectivity index (χ1) is 24.8. The van der Waals surface area contributed by atoms with Crippen LogP contribution in [0.1, 0.15) is 133 Å². The number of likely N-dealkylation sites (N-methyl/N-ethyl adjacent to an activating group) is 1. The molecule has 8 nitrogen and oxygen atoms in total. The van der Waals surface area contributed by atoms with Crippen molar-refractivity contribution in [2.45, 2.75) is 129 Å². The lowest BCUT2D eigenvalue weighted by Gasteiger charge is -2.64. The van der Waals surface area contributed by atoms with Gasteiger partial charge < -0.3 is 29.6 Å². The third kappa shape index (κ3) is 4.58. The second kappa shape index (κ2) is 11.5. The third-order valence-corrected chi connectivity index (χ3v) is 15.1. The van der Waals surface area contributed by atoms with Crippen LogP contribution >= 0.6 is 0 Å². The zero-order valence-electron chi connectivity index (χ0n) is 33.3. The molecule has 3 N–H and O–H groups in total. The van der Waals surface area contributed by atoms with Crippen LogP contribution in [-0.2, 0) is 26.1 Å². The molecule has 2 unspecified atom stereocenters. The highest BCUT2D eigenvalue weighted by Gasteiger charge is 2.67. The number of carbonyl (C=O) groups is 2. The summed E-state index contributed by atoms with van der Waals surface area (Å²) in [5, 5.41) is 27.9. The maximum absolute atomic E-state index is 14.9. The molecule has 4 aliphatic carbocycles. The molecule has 6 aliphatic rings. The number of fused-ring (bicyclic) bond motifs is 11. The zero-order chi connectivity index (χ0) is 38.4. The summed E-state index contributed by atoms with van der Waals surface area (Å²) < 4.78 is 14.3. The number of ketones is 1. The molecule has 2 saturated carbocycles. The number of methoxy groups -OCH3 is 1. The molecular formula is C45H58N2O6. The number of aromatic nitrogens is 1. The maximum atomic E-state index is 14.9. The van der Waals surface area contributed by atoms with E-state index in [1.165, 1.54) is 18.4 Å². The number of nitrogens with one attached hydrogen (secondary N) is 1. The largest absolute Gasteiger partial charge is 0.491 e. The summed E-state index contributed by atoms with van der Waals surface area (Å²) in [4.78, 5) is 27.5. The summed E-state index contributed by atoms with van der Waals surface area (Å²) in [7, 11) is 1.50. The van der Waals surface area contributed by atoms with Crippen molar-refractivity contribution in [1.82, 2.24) is 9.88 Å². The number of allylic oxidation sites excluding steroid dienone is 3. The van der Waals surface area contributed by atoms with E-state index in [2.05, 4.69) is 83.1 Å². The van der Waals surface area contributed by atoms with Crippen molar-refractivity contribution in [2.75, 3.05) is 13.7 Å². The van der Waals surface area contributed by atoms with Crippen molar-refractivity contribution < 1.29 is 29.3 Å². The zero-order valence-corrected chi connectivity index (χ0v) is 33.3. The minimum atomic E-state index is -0.860. The standard InChI is InChI=1S/C45H58N2O6/c1-12-46-40(51)29(52-11)14-13-18-43(8)30-16-15-24-20-27-26-21-25-28-22-41(4,5)53-42(6,7)34(28)37(49)32(25)33-36(26)47(35(23(2)3)38(33)50)39(27)45(24,10)44(30,9)19-17-31(43)48/h13-14,18,21-22,24,30-31,34-35,37,48-49H,2,12,15-17,19-20H2,1,3-11H3,(H,46,51)/b18-13+,29-14-/t24?,30-,31-,34?,35-,37+,43-,44-,45+/m0/s1. The summed E-state index contributed by atoms with van der Waals surface area (Å²) in [5.41, 5.74) is 5.61. The lowest BCUT2D eigenvalue weighted by atomic mass is 9.40. The van der Waals surface area contributed by atoms with Gasteiger partial charge in [-0.3, -0.25) is 9.59 Å². The second-order valence-corrected chi connectivity index (χ2v) is 18.8. The normalized spacial score (nSPS) is 37.5. The highest BCUT2D eigenvalue weighted by atomic mass is 16.5. The number of benzene rings is 1. The number of carbonyl (C=O) groups excluding carboxylic acids is 2. The molecule has 1 amide bonds. The van der Waals surface area contributed by atoms with Crippen LogP contribution in [0.15, 0.2) is 48.3 Å². The average molecular weight is 723 g/mol. The minimum Gasteiger partial charge on any atom is -0.491 e. The second-order valence-electron chi connectivity index (χ2n) is 18.8. The van der Waals surface area contributed by atoms with Crippen LogP contribution in [0.5, 0.6) is 0 Å². The topological polar surface area (TPSA) is 110 Å². The van der Waals surface area contributed by atoms with E-state index in [-0.39, 0.29) is 40.1 Å². The number of ether oxygens (including phenoxy) is 2. The number of amides is 1. The van der Waals surface area contributed by atoms with Gasteiger partial charge in [-0.15, -0.1) is 0 Å². The van der Waals surface area contributed by atoms with Crippen LogP contribution in [0, 0.1) is 28.6 Å². The Morgan fingerprint density at radius 1 is 1.13 bits per heavy atom. The SMILES string of the molecule is C=C(C)[C@H]1C(=O)c2c3c(cc4c5c(n1c24)[C@@]1(C)C(CC[C@H]2[C@](C)(/C=C/C=C(\OC)C(=O)NCC)[C@@H](O)CC[C@@]21C)C5)C1=CC(C)(C)OC(C)(C)C1[C@@H]3O. The van der Waals surface area contributed by atoms with Gasteiger partial charge in [0.1, 0.15) is 6.04 Å². The fourth-order valence-corrected chi connectivity index (χ4v) is 12.9. The first-order valence-corrected chi connectivity index (χ1v) is 19.7. The molecule has 284 valence electrons. The Kier molecular flexibility index (Phi) is 7.94. The molecule has 1 aromatic heterocycles. The number of aliphatic hydroxyl groups excluding tert-OH is 2. The number of aliphatic hydroxyl groups is 2. The molecule has 53 heavy (non-hydrogen) atoms. The minimum absolute atomic E-state index is 0.0256. The van der Waals surface area contributed by atoms with E-state index >= 15 is 0 Å². The highest BCUT2D eigenvalue weighted by Crippen LogP contribution is 2.71. The first kappa shape index (κ1) is 36.5. The van der Waals surface area contributed by atoms with Gasteiger partial charge in [0.05, 0.1) is 41.6 Å². The lowest BCUT2D eigenvalue weighted by Crippen LogP contribution is -2.62. The van der Waals surface area contributed by atoms with E-state index in [0.717, 1.165) is 58.9 Å². The van der Waals surface area contributed by atoms with E-state index in [4.69, 9.17) is 9.47 Å². The summed E-state index contributed by atoms with van der Waals surface area (Å²) in [5.74, 6) is 0.233. The van der Waals surface area contributed by atoms with Crippen molar-refractivity contribution >= 4 is 28.2 Å². The molecule has 8 rings (SSSR count). The van der Waals surface area contributed by atoms with Gasteiger partial charge in [-0.1, -0.05) is 45.1 Å². The van der Waals surface area contributed by atoms with Gasteiger partial charge >= 0.3 is 0 Å². The van der Waals surface area contributed by atoms with Crippen LogP contribution in [0.2, 0.25) is 0 Å². The Balaban J connectivity index is 1.32. The third-order valence-electron chi connectivity index (χ3n) is 15.1. The Morgan fingerprint density at radius 3 is 2.51 bits per heavy atom. The quantitative estimate of drug-likeness (QED) is 0.121. The molecule has 0 saturated heterocycles. The van der Waals surface area contributed by atoms with Crippen LogP contribution < -0.4 is 5.32 Å². The molecule has 2 fully saturated rings. The van der Waals surface area contributed by atoms with Crippen LogP contribution in [0.4, 0.5) is 0 Å². The number of nitrogens with zero attached hydrogens (tertiary/aromatic N) is 1. The monoisotopic (exact) mass is 722 g/mol. The van der Waals surface area contributed by atoms with Crippen LogP contribution in [0.3, 0.4) is 0 Å². The van der Waals surface area contributed by atoms with E-state index in [1.54, 1.807) is 6.08 Å². The Morgan fingerprint density at radius 2 is 1.85 bits per heavy atom. The van der Waals surface area contributed by atoms with Gasteiger partial charge in [-0.2, -0.15) is 0 Å². The summed E-state index contributed by atoms with van der Waals surface area (Å²) >= 11 is 0. The molecule has 2 aromatic rings. The fraction of sp³-hybridized carbons (Fsp3) is 0.600. The summed E-state index contributed by atoms with van der Waals surface area (Å²) in [6, 6.07) is 1.76. The van der Waals surface area contributed by atoms with Gasteiger partial charge in [0.2, 0.25) is 0 Å². The van der Waals surface area contributed by atoms with Gasteiger partial charge in [0.15, 0.2) is 11.5 Å². The Hall–Kier alpha value is -3.46. The molecule has 8 heteroatoms. The Bertz CT molecular complexity index is 2080. The predicted molar refractivity (Wildman–Crippen MR) is 207 cm³/mol. The first-order valence-electron chi connectivity index (χ1n) is 19.7. The number of rotatable bonds is 6. The predicted octanol–water partition coefficient (Wildman–Crippen LogP) is 7.82. The molecule has 3 heterocycles. The lowest BCUT2D eigenvalue weighted by molar-refractivity contribution is -0.144. The molecule has 1 aromatic carbocycles. The van der Waals surface area contributed by atoms with Crippen molar-refractivity contribution in [3.63, 3.8) is 0 Å². The van der Waals surface area contributed by atoms with Gasteiger partial charge in [-0.25, -0.2) is 0 Å². The average Bonchev–Trinajstić information content (AvgIpc) is 3.74. The van der Waals surface area contributed by atoms with E-state index in [9.17, 15) is 19.8 Å². The van der Waals surface area contributed by atoms with E-state index < -0.39 is 34.9 Å². The van der Waals surface area contributed by atoms with Gasteiger partial charge in [-0.05, 0) is 126 Å². The van der Waals surface area contributed by atoms with Crippen molar-refractivity contribution in [3.05, 3.63) is 76.2 Å². The van der Waals surface area contributed by atoms with E-state index in [0.29, 0.717) is 24.4 Å². The molecular weight excluding hydrogens is 665 g/mol. The maximum Gasteiger partial charge on any atom is 0.286 e. The van der Waals surface area contributed by atoms with Crippen molar-refractivity contribution in [2.24, 2.45) is 28.6 Å². The Labute approximate surface area is 314 Å². The van der Waals surface area contributed by atoms with E-state index in [1.807, 2.05) is 19.9 Å². The summed E-state index contributed by atoms with van der Waals surface area (Å²) in [6.45, 7) is 24.1. The smallest absolute Gasteiger partial charge is 0.286 e. The molecule has 2 aliphatic heterocycles. The van der Waals surface area contributed by atoms with Crippen molar-refractivity contribution in [1.29, 1.82) is 0 Å². The van der Waals surface area contributed by atoms with Crippen molar-refractivity contribution in [3.8, 4) is 0 Å². The van der Waals surface area contributed by atoms with Gasteiger partial charge in [0, 0.05) is 39.9 Å². The molecule has 0 bridgehead atoms. The number of Topliss-reactive ketones (excluding diaryl/α,β-unsaturated/α-hetero) is 1. The fourth-order valence-electron chi connectivity index (χ4n) is 12.9. The van der Waals surface area contributed by atoms with Gasteiger partial charge in [0.25, 0.3) is 5.91 Å². The molecule has 9 atom stereocenters. The highest BCUT2D eigenvalue weighted by molar-refractivity contribution is 6.18. The van der Waals surface area contributed by atoms with Crippen LogP contribution in [-0.4, -0.2) is 57.4 Å². The molecule has 0 radical (unpaired) electrons. The van der Waals surface area contributed by atoms with Crippen LogP contribution in [0.25, 0.3) is 16.5 Å². The number of hydrogen-bond donors (Lipinski definition) is 3.